The first-order chi connectivity index (χ1) is 15.5. The van der Waals surface area contributed by atoms with Gasteiger partial charge in [0.05, 0.1) is 16.8 Å². The van der Waals surface area contributed by atoms with Crippen molar-refractivity contribution in [3.05, 3.63) is 71.8 Å². The summed E-state index contributed by atoms with van der Waals surface area (Å²) in [7, 11) is 0. The van der Waals surface area contributed by atoms with Crippen molar-refractivity contribution in [2.75, 3.05) is 11.9 Å². The van der Waals surface area contributed by atoms with Crippen molar-refractivity contribution in [2.24, 2.45) is 0 Å². The van der Waals surface area contributed by atoms with E-state index in [0.29, 0.717) is 17.2 Å². The number of amides is 1. The van der Waals surface area contributed by atoms with Crippen LogP contribution in [0.25, 0.3) is 11.0 Å². The molecule has 10 heteroatoms. The zero-order chi connectivity index (χ0) is 22.5. The number of nitrogens with zero attached hydrogens (tertiary/aromatic N) is 4. The van der Waals surface area contributed by atoms with Crippen LogP contribution in [0, 0.1) is 13.8 Å². The molecule has 1 N–H and O–H groups in total. The highest BCUT2D eigenvalue weighted by Crippen LogP contribution is 2.25. The molecule has 0 fully saturated rings. The van der Waals surface area contributed by atoms with Crippen molar-refractivity contribution in [3.63, 3.8) is 0 Å². The van der Waals surface area contributed by atoms with Gasteiger partial charge >= 0.3 is 0 Å². The predicted octanol–water partition coefficient (Wildman–Crippen LogP) is 5.93. The normalized spacial score (nSPS) is 10.3. The van der Waals surface area contributed by atoms with E-state index in [1.165, 1.54) is 0 Å². The van der Waals surface area contributed by atoms with Gasteiger partial charge in [-0.05, 0) is 62.7 Å². The molecule has 0 aliphatic rings. The lowest BCUT2D eigenvalue weighted by atomic mass is 10.2. The highest BCUT2D eigenvalue weighted by atomic mass is 79.9. The minimum Gasteiger partial charge on any atom is -0.484 e. The van der Waals surface area contributed by atoms with Crippen molar-refractivity contribution >= 4 is 68.4 Å². The fourth-order valence-electron chi connectivity index (χ4n) is 3.40. The Morgan fingerprint density at radius 3 is 2.65 bits per heavy atom. The number of carbonyl (C=O) groups excluding carboxylic acids is 1. The highest BCUT2D eigenvalue weighted by Gasteiger charge is 2.12. The molecule has 4 rings (SSSR count). The van der Waals surface area contributed by atoms with Crippen molar-refractivity contribution in [3.8, 4) is 5.75 Å². The fourth-order valence-corrected chi connectivity index (χ4v) is 4.22. The van der Waals surface area contributed by atoms with Gasteiger partial charge in [-0.1, -0.05) is 23.9 Å². The molecule has 4 aromatic rings. The number of hydrogen-bond acceptors (Lipinski definition) is 6. The maximum atomic E-state index is 12.3. The van der Waals surface area contributed by atoms with Crippen LogP contribution >= 0.6 is 45.7 Å². The number of rotatable bonds is 8. The monoisotopic (exact) mass is 607 g/mol. The van der Waals surface area contributed by atoms with E-state index in [9.17, 15) is 4.79 Å². The smallest absolute Gasteiger partial charge is 0.262 e. The van der Waals surface area contributed by atoms with Gasteiger partial charge in [0.15, 0.2) is 11.8 Å². The Hall–Kier alpha value is -2.43. The van der Waals surface area contributed by atoms with Crippen LogP contribution in [0.4, 0.5) is 5.69 Å². The van der Waals surface area contributed by atoms with Gasteiger partial charge in [-0.25, -0.2) is 15.0 Å². The highest BCUT2D eigenvalue weighted by molar-refractivity contribution is 8.93. The largest absolute Gasteiger partial charge is 0.484 e. The first kappa shape index (κ1) is 27.8. The SMILES string of the molecule is Br.Br.CCn1c(CSc2nccc(C)n2)nc2cc(NC(=O)COc3cccc(C)c3)ccc21. The first-order valence-corrected chi connectivity index (χ1v) is 11.4. The first-order valence-electron chi connectivity index (χ1n) is 10.4. The summed E-state index contributed by atoms with van der Waals surface area (Å²) in [6, 6.07) is 15.3. The van der Waals surface area contributed by atoms with Crippen LogP contribution in [-0.2, 0) is 17.1 Å². The van der Waals surface area contributed by atoms with Crippen LogP contribution in [-0.4, -0.2) is 32.0 Å². The molecule has 0 aliphatic heterocycles. The Bertz CT molecular complexity index is 1270. The van der Waals surface area contributed by atoms with Crippen LogP contribution in [0.15, 0.2) is 59.9 Å². The van der Waals surface area contributed by atoms with Gasteiger partial charge in [0.25, 0.3) is 5.91 Å². The molecule has 1 amide bonds. The summed E-state index contributed by atoms with van der Waals surface area (Å²) in [4.78, 5) is 25.9. The molecule has 0 unspecified atom stereocenters. The van der Waals surface area contributed by atoms with Crippen molar-refractivity contribution in [2.45, 2.75) is 38.2 Å². The van der Waals surface area contributed by atoms with Gasteiger partial charge in [0, 0.05) is 24.1 Å². The molecule has 0 spiro atoms. The number of fused-ring (bicyclic) bond motifs is 1. The number of benzene rings is 2. The van der Waals surface area contributed by atoms with Crippen LogP contribution in [0.2, 0.25) is 0 Å². The lowest BCUT2D eigenvalue weighted by molar-refractivity contribution is -0.118. The Kier molecular flexibility index (Phi) is 10.5. The number of aromatic nitrogens is 4. The zero-order valence-corrected chi connectivity index (χ0v) is 23.4. The summed E-state index contributed by atoms with van der Waals surface area (Å²) < 4.78 is 7.76. The van der Waals surface area contributed by atoms with Gasteiger partial charge < -0.3 is 14.6 Å². The number of aryl methyl sites for hydroxylation is 3. The molecule has 0 saturated heterocycles. The summed E-state index contributed by atoms with van der Waals surface area (Å²) in [5.41, 5.74) is 4.59. The average molecular weight is 609 g/mol. The summed E-state index contributed by atoms with van der Waals surface area (Å²) in [6.07, 6.45) is 1.77. The Balaban J connectivity index is 0.00000204. The van der Waals surface area contributed by atoms with E-state index >= 15 is 0 Å². The number of imidazole rings is 1. The van der Waals surface area contributed by atoms with Gasteiger partial charge in [-0.3, -0.25) is 4.79 Å². The Morgan fingerprint density at radius 1 is 1.09 bits per heavy atom. The van der Waals surface area contributed by atoms with Crippen LogP contribution in [0.1, 0.15) is 24.0 Å². The summed E-state index contributed by atoms with van der Waals surface area (Å²) in [5.74, 6) is 2.08. The molecule has 180 valence electrons. The summed E-state index contributed by atoms with van der Waals surface area (Å²) in [6.45, 7) is 6.78. The third-order valence-electron chi connectivity index (χ3n) is 4.89. The number of carbonyl (C=O) groups is 1. The molecule has 2 aromatic carbocycles. The van der Waals surface area contributed by atoms with Gasteiger partial charge in [0.2, 0.25) is 0 Å². The molecule has 2 aromatic heterocycles. The van der Waals surface area contributed by atoms with Crippen molar-refractivity contribution in [1.29, 1.82) is 0 Å². The minimum atomic E-state index is -0.215. The maximum absolute atomic E-state index is 12.3. The number of anilines is 1. The molecule has 7 nitrogen and oxygen atoms in total. The number of nitrogens with one attached hydrogen (secondary N) is 1. The second-order valence-corrected chi connectivity index (χ2v) is 8.34. The summed E-state index contributed by atoms with van der Waals surface area (Å²) >= 11 is 1.56. The van der Waals surface area contributed by atoms with E-state index in [0.717, 1.165) is 39.8 Å². The van der Waals surface area contributed by atoms with E-state index in [1.807, 2.05) is 62.4 Å². The fraction of sp³-hybridized carbons (Fsp3) is 0.250. The lowest BCUT2D eigenvalue weighted by Crippen LogP contribution is -2.20. The number of thioether (sulfide) groups is 1. The Morgan fingerprint density at radius 2 is 1.91 bits per heavy atom. The molecular formula is C24H27Br2N5O2S. The van der Waals surface area contributed by atoms with Gasteiger partial charge in [-0.2, -0.15) is 0 Å². The van der Waals surface area contributed by atoms with E-state index < -0.39 is 0 Å². The molecule has 2 heterocycles. The molecule has 0 atom stereocenters. The quantitative estimate of drug-likeness (QED) is 0.197. The van der Waals surface area contributed by atoms with Crippen LogP contribution in [0.3, 0.4) is 0 Å². The third-order valence-corrected chi connectivity index (χ3v) is 5.75. The molecule has 0 bridgehead atoms. The second-order valence-electron chi connectivity index (χ2n) is 7.40. The van der Waals surface area contributed by atoms with Crippen LogP contribution in [0.5, 0.6) is 5.75 Å². The molecule has 0 saturated carbocycles. The zero-order valence-electron chi connectivity index (χ0n) is 19.1. The predicted molar refractivity (Wildman–Crippen MR) is 148 cm³/mol. The van der Waals surface area contributed by atoms with Gasteiger partial charge in [0.1, 0.15) is 11.6 Å². The van der Waals surface area contributed by atoms with E-state index in [4.69, 9.17) is 9.72 Å². The molecule has 0 aliphatic carbocycles. The average Bonchev–Trinajstić information content (AvgIpc) is 3.13. The van der Waals surface area contributed by atoms with Crippen molar-refractivity contribution in [1.82, 2.24) is 19.5 Å². The topological polar surface area (TPSA) is 81.9 Å². The minimum absolute atomic E-state index is 0. The summed E-state index contributed by atoms with van der Waals surface area (Å²) in [5, 5.41) is 3.63. The van der Waals surface area contributed by atoms with E-state index in [2.05, 4.69) is 26.8 Å². The van der Waals surface area contributed by atoms with Gasteiger partial charge in [-0.15, -0.1) is 34.0 Å². The molecular weight excluding hydrogens is 582 g/mol. The number of hydrogen-bond donors (Lipinski definition) is 1. The maximum Gasteiger partial charge on any atom is 0.262 e. The van der Waals surface area contributed by atoms with E-state index in [-0.39, 0.29) is 46.5 Å². The third kappa shape index (κ3) is 7.04. The van der Waals surface area contributed by atoms with Crippen LogP contribution < -0.4 is 10.1 Å². The second kappa shape index (κ2) is 12.9. The molecule has 34 heavy (non-hydrogen) atoms. The van der Waals surface area contributed by atoms with Crippen molar-refractivity contribution < 1.29 is 9.53 Å². The molecule has 0 radical (unpaired) electrons. The lowest BCUT2D eigenvalue weighted by Gasteiger charge is -2.08. The Labute approximate surface area is 224 Å². The standard InChI is InChI=1S/C24H25N5O2S.2BrH/c1-4-29-21-9-8-18(27-23(30)14-31-19-7-5-6-16(2)12-19)13-20(21)28-22(29)15-32-24-25-11-10-17(3)26-24;;/h5-13H,4,14-15H2,1-3H3,(H,27,30);2*1H. The number of halogens is 2. The van der Waals surface area contributed by atoms with E-state index in [1.54, 1.807) is 18.0 Å². The number of ether oxygens (including phenoxy) is 1.